The fourth-order valence-electron chi connectivity index (χ4n) is 1.33. The molecule has 0 unspecified atom stereocenters. The van der Waals surface area contributed by atoms with Crippen molar-refractivity contribution in [2.75, 3.05) is 7.05 Å². The number of carboxylic acid groups (broad SMARTS) is 1. The number of nitrogens with one attached hydrogen (secondary N) is 1. The van der Waals surface area contributed by atoms with Crippen LogP contribution in [-0.4, -0.2) is 35.8 Å². The number of carbonyl (C=O) groups is 2. The molecule has 0 atom stereocenters. The standard InChI is InChI=1S/C9H14N2O3/c1-5(10-2)8(12)11-7-3-6(4-7)9(13)14/h6-7H,3-4H2,1-2H3,(H,11,12)(H,13,14). The number of aliphatic carboxylic acids is 1. The second-order valence-electron chi connectivity index (χ2n) is 3.49. The van der Waals surface area contributed by atoms with Gasteiger partial charge in [0, 0.05) is 13.1 Å². The number of amides is 1. The summed E-state index contributed by atoms with van der Waals surface area (Å²) in [4.78, 5) is 25.5. The molecule has 2 N–H and O–H groups in total. The van der Waals surface area contributed by atoms with Crippen molar-refractivity contribution in [1.82, 2.24) is 5.32 Å². The summed E-state index contributed by atoms with van der Waals surface area (Å²) >= 11 is 0. The van der Waals surface area contributed by atoms with Gasteiger partial charge in [-0.3, -0.25) is 14.6 Å². The molecule has 0 aromatic heterocycles. The molecule has 0 radical (unpaired) electrons. The van der Waals surface area contributed by atoms with Gasteiger partial charge in [-0.15, -0.1) is 0 Å². The Morgan fingerprint density at radius 2 is 2.00 bits per heavy atom. The molecule has 0 saturated heterocycles. The van der Waals surface area contributed by atoms with E-state index >= 15 is 0 Å². The van der Waals surface area contributed by atoms with Crippen molar-refractivity contribution in [3.05, 3.63) is 0 Å². The van der Waals surface area contributed by atoms with E-state index in [1.807, 2.05) is 0 Å². The van der Waals surface area contributed by atoms with Crippen molar-refractivity contribution in [3.63, 3.8) is 0 Å². The Morgan fingerprint density at radius 1 is 1.43 bits per heavy atom. The predicted molar refractivity (Wildman–Crippen MR) is 51.3 cm³/mol. The molecule has 1 amide bonds. The highest BCUT2D eigenvalue weighted by molar-refractivity contribution is 6.37. The lowest BCUT2D eigenvalue weighted by Gasteiger charge is -2.32. The van der Waals surface area contributed by atoms with Crippen LogP contribution < -0.4 is 5.32 Å². The molecule has 1 rings (SSSR count). The Labute approximate surface area is 82.2 Å². The van der Waals surface area contributed by atoms with Gasteiger partial charge in [0.05, 0.1) is 11.6 Å². The highest BCUT2D eigenvalue weighted by atomic mass is 16.4. The van der Waals surface area contributed by atoms with E-state index in [0.717, 1.165) is 0 Å². The average Bonchev–Trinajstić information content (AvgIpc) is 2.07. The first kappa shape index (κ1) is 10.7. The Kier molecular flexibility index (Phi) is 3.22. The quantitative estimate of drug-likeness (QED) is 0.629. The molecule has 5 nitrogen and oxygen atoms in total. The van der Waals surface area contributed by atoms with Gasteiger partial charge in [0.2, 0.25) is 0 Å². The zero-order valence-corrected chi connectivity index (χ0v) is 8.28. The summed E-state index contributed by atoms with van der Waals surface area (Å²) in [5.74, 6) is -1.28. The number of carbonyl (C=O) groups excluding carboxylic acids is 1. The lowest BCUT2D eigenvalue weighted by Crippen LogP contribution is -2.48. The summed E-state index contributed by atoms with van der Waals surface area (Å²) in [7, 11) is 1.55. The van der Waals surface area contributed by atoms with Gasteiger partial charge in [-0.1, -0.05) is 0 Å². The minimum Gasteiger partial charge on any atom is -0.481 e. The first-order chi connectivity index (χ1) is 6.54. The maximum Gasteiger partial charge on any atom is 0.306 e. The van der Waals surface area contributed by atoms with Crippen molar-refractivity contribution in [2.45, 2.75) is 25.8 Å². The van der Waals surface area contributed by atoms with Crippen LogP contribution in [-0.2, 0) is 9.59 Å². The summed E-state index contributed by atoms with van der Waals surface area (Å²) in [5, 5.41) is 11.3. The summed E-state index contributed by atoms with van der Waals surface area (Å²) < 4.78 is 0. The van der Waals surface area contributed by atoms with Gasteiger partial charge in [0.25, 0.3) is 5.91 Å². The van der Waals surface area contributed by atoms with Crippen LogP contribution in [0.1, 0.15) is 19.8 Å². The SMILES string of the molecule is CN=C(C)C(=O)NC1CC(C(=O)O)C1. The van der Waals surface area contributed by atoms with Gasteiger partial charge >= 0.3 is 5.97 Å². The van der Waals surface area contributed by atoms with Crippen LogP contribution in [0.25, 0.3) is 0 Å². The number of rotatable bonds is 3. The first-order valence-corrected chi connectivity index (χ1v) is 4.51. The fourth-order valence-corrected chi connectivity index (χ4v) is 1.33. The van der Waals surface area contributed by atoms with Gasteiger partial charge in [-0.25, -0.2) is 0 Å². The highest BCUT2D eigenvalue weighted by Crippen LogP contribution is 2.27. The smallest absolute Gasteiger partial charge is 0.306 e. The maximum atomic E-state index is 11.3. The van der Waals surface area contributed by atoms with E-state index in [1.54, 1.807) is 14.0 Å². The van der Waals surface area contributed by atoms with Gasteiger partial charge in [0.1, 0.15) is 0 Å². The molecule has 78 valence electrons. The number of carboxylic acids is 1. The van der Waals surface area contributed by atoms with E-state index in [1.165, 1.54) is 0 Å². The topological polar surface area (TPSA) is 78.8 Å². The molecule has 1 aliphatic carbocycles. The second kappa shape index (κ2) is 4.21. The minimum atomic E-state index is -0.781. The van der Waals surface area contributed by atoms with Crippen LogP contribution in [0.15, 0.2) is 4.99 Å². The number of nitrogens with zero attached hydrogens (tertiary/aromatic N) is 1. The molecule has 1 aliphatic rings. The zero-order valence-electron chi connectivity index (χ0n) is 8.28. The number of hydrogen-bond acceptors (Lipinski definition) is 3. The zero-order chi connectivity index (χ0) is 10.7. The van der Waals surface area contributed by atoms with E-state index in [2.05, 4.69) is 10.3 Å². The maximum absolute atomic E-state index is 11.3. The Hall–Kier alpha value is -1.39. The van der Waals surface area contributed by atoms with Crippen LogP contribution in [0.2, 0.25) is 0 Å². The number of hydrogen-bond donors (Lipinski definition) is 2. The van der Waals surface area contributed by atoms with Crippen molar-refractivity contribution in [2.24, 2.45) is 10.9 Å². The summed E-state index contributed by atoms with van der Waals surface area (Å²) in [6, 6.07) is 0.000278. The van der Waals surface area contributed by atoms with Crippen molar-refractivity contribution in [3.8, 4) is 0 Å². The molecule has 0 bridgehead atoms. The van der Waals surface area contributed by atoms with E-state index in [9.17, 15) is 9.59 Å². The van der Waals surface area contributed by atoms with Crippen LogP contribution in [0.3, 0.4) is 0 Å². The molecule has 0 aromatic rings. The third kappa shape index (κ3) is 2.31. The van der Waals surface area contributed by atoms with E-state index in [-0.39, 0.29) is 17.9 Å². The van der Waals surface area contributed by atoms with Gasteiger partial charge in [-0.05, 0) is 19.8 Å². The third-order valence-corrected chi connectivity index (χ3v) is 2.49. The first-order valence-electron chi connectivity index (χ1n) is 4.51. The van der Waals surface area contributed by atoms with Crippen molar-refractivity contribution >= 4 is 17.6 Å². The van der Waals surface area contributed by atoms with Crippen LogP contribution in [0, 0.1) is 5.92 Å². The molecular weight excluding hydrogens is 184 g/mol. The molecule has 1 saturated carbocycles. The van der Waals surface area contributed by atoms with E-state index in [4.69, 9.17) is 5.11 Å². The molecule has 14 heavy (non-hydrogen) atoms. The minimum absolute atomic E-state index is 0.000278. The van der Waals surface area contributed by atoms with E-state index < -0.39 is 5.97 Å². The lowest BCUT2D eigenvalue weighted by molar-refractivity contribution is -0.146. The summed E-state index contributed by atoms with van der Waals surface area (Å²) in [5.41, 5.74) is 0.420. The van der Waals surface area contributed by atoms with Gasteiger partial charge < -0.3 is 10.4 Å². The van der Waals surface area contributed by atoms with Gasteiger partial charge in [0.15, 0.2) is 0 Å². The van der Waals surface area contributed by atoms with Crippen molar-refractivity contribution in [1.29, 1.82) is 0 Å². The molecule has 0 heterocycles. The Bertz CT molecular complexity index is 280. The van der Waals surface area contributed by atoms with E-state index in [0.29, 0.717) is 18.6 Å². The summed E-state index contributed by atoms with van der Waals surface area (Å²) in [6.45, 7) is 1.63. The Balaban J connectivity index is 2.30. The molecule has 0 aromatic carbocycles. The largest absolute Gasteiger partial charge is 0.481 e. The Morgan fingerprint density at radius 3 is 2.43 bits per heavy atom. The average molecular weight is 198 g/mol. The van der Waals surface area contributed by atoms with Gasteiger partial charge in [-0.2, -0.15) is 0 Å². The monoisotopic (exact) mass is 198 g/mol. The van der Waals surface area contributed by atoms with Crippen LogP contribution >= 0.6 is 0 Å². The predicted octanol–water partition coefficient (Wildman–Crippen LogP) is 0.0565. The molecule has 5 heteroatoms. The third-order valence-electron chi connectivity index (χ3n) is 2.49. The number of aliphatic imine (C=N–C) groups is 1. The second-order valence-corrected chi connectivity index (χ2v) is 3.49. The summed E-state index contributed by atoms with van der Waals surface area (Å²) in [6.07, 6.45) is 1.05. The van der Waals surface area contributed by atoms with Crippen LogP contribution in [0.5, 0.6) is 0 Å². The van der Waals surface area contributed by atoms with Crippen LogP contribution in [0.4, 0.5) is 0 Å². The highest BCUT2D eigenvalue weighted by Gasteiger charge is 2.35. The molecule has 0 spiro atoms. The normalized spacial score (nSPS) is 26.6. The molecule has 1 fully saturated rings. The lowest BCUT2D eigenvalue weighted by atomic mass is 9.80. The molecule has 0 aliphatic heterocycles. The van der Waals surface area contributed by atoms with Crippen molar-refractivity contribution < 1.29 is 14.7 Å². The fraction of sp³-hybridized carbons (Fsp3) is 0.667. The molecular formula is C9H14N2O3.